The number of aromatic nitrogens is 1. The predicted octanol–water partition coefficient (Wildman–Crippen LogP) is 2.86. The molecule has 0 saturated heterocycles. The van der Waals surface area contributed by atoms with Crippen LogP contribution in [0.5, 0.6) is 5.75 Å². The molecular weight excluding hydrogens is 310 g/mol. The van der Waals surface area contributed by atoms with Gasteiger partial charge in [-0.15, -0.1) is 0 Å². The van der Waals surface area contributed by atoms with Crippen LogP contribution in [0.15, 0.2) is 27.9 Å². The number of hydrogen-bond acceptors (Lipinski definition) is 3. The van der Waals surface area contributed by atoms with Gasteiger partial charge in [0.2, 0.25) is 0 Å². The lowest BCUT2D eigenvalue weighted by molar-refractivity contribution is -0.117. The van der Waals surface area contributed by atoms with E-state index in [4.69, 9.17) is 11.6 Å². The number of H-pyrrole nitrogens is 1. The monoisotopic (exact) mass is 326 g/mol. The fraction of sp³-hybridized carbons (Fsp3) is 0.333. The Kier molecular flexibility index (Phi) is 4.96. The first-order valence-electron chi connectivity index (χ1n) is 6.56. The van der Waals surface area contributed by atoms with Crippen molar-refractivity contribution < 1.29 is 9.90 Å². The van der Waals surface area contributed by atoms with Gasteiger partial charge >= 0.3 is 5.56 Å². The lowest BCUT2D eigenvalue weighted by Crippen LogP contribution is -2.20. The van der Waals surface area contributed by atoms with Crippen LogP contribution in [0, 0.1) is 0 Å². The number of aromatic hydroxyl groups is 1. The Labute approximate surface area is 130 Å². The van der Waals surface area contributed by atoms with Crippen molar-refractivity contribution in [3.05, 3.63) is 33.6 Å². The van der Waals surface area contributed by atoms with Gasteiger partial charge in [0.05, 0.1) is 5.52 Å². The van der Waals surface area contributed by atoms with Crippen LogP contribution in [-0.2, 0) is 15.7 Å². The van der Waals surface area contributed by atoms with Crippen LogP contribution in [0.1, 0.15) is 19.8 Å². The first-order chi connectivity index (χ1) is 9.90. The molecule has 2 aromatic rings. The Balaban J connectivity index is 2.39. The molecule has 0 bridgehead atoms. The summed E-state index contributed by atoms with van der Waals surface area (Å²) < 4.78 is 0. The average Bonchev–Trinajstić information content (AvgIpc) is 2.39. The largest absolute Gasteiger partial charge is 0.503 e. The van der Waals surface area contributed by atoms with Crippen molar-refractivity contribution in [1.29, 1.82) is 0 Å². The van der Waals surface area contributed by atoms with E-state index in [-0.39, 0.29) is 17.1 Å². The molecule has 0 aliphatic carbocycles. The number of ketones is 1. The third kappa shape index (κ3) is 3.60. The number of halogens is 1. The topological polar surface area (TPSA) is 70.2 Å². The summed E-state index contributed by atoms with van der Waals surface area (Å²) in [6, 6.07) is 4.97. The molecule has 1 heterocycles. The van der Waals surface area contributed by atoms with Crippen molar-refractivity contribution in [1.82, 2.24) is 4.98 Å². The number of fused-ring (bicyclic) bond motifs is 1. The molecule has 1 atom stereocenters. The standard InChI is InChI=1S/C15H16ClNO3S/c1-9(18)4-3-7-21(2)14-13(19)11-8-10(16)5-6-12(11)17-15(14)20/h5-6,8H,3-4,7H2,1-2H3,(H-,17,19,20)/p+1. The minimum Gasteiger partial charge on any atom is -0.503 e. The molecule has 4 nitrogen and oxygen atoms in total. The predicted molar refractivity (Wildman–Crippen MR) is 87.6 cm³/mol. The molecule has 21 heavy (non-hydrogen) atoms. The highest BCUT2D eigenvalue weighted by Crippen LogP contribution is 2.30. The highest BCUT2D eigenvalue weighted by Gasteiger charge is 2.26. The Morgan fingerprint density at radius 2 is 2.14 bits per heavy atom. The molecule has 0 spiro atoms. The number of carbonyl (C=O) groups is 1. The van der Waals surface area contributed by atoms with E-state index in [9.17, 15) is 14.7 Å². The molecule has 2 N–H and O–H groups in total. The third-order valence-corrected chi connectivity index (χ3v) is 5.45. The molecule has 0 saturated carbocycles. The van der Waals surface area contributed by atoms with Crippen LogP contribution in [0.3, 0.4) is 0 Å². The second-order valence-electron chi connectivity index (χ2n) is 4.97. The van der Waals surface area contributed by atoms with Crippen molar-refractivity contribution >= 4 is 39.2 Å². The number of Topliss-reactive ketones (excluding diaryl/α,β-unsaturated/α-hetero) is 1. The van der Waals surface area contributed by atoms with Gasteiger partial charge in [-0.05, 0) is 31.5 Å². The first kappa shape index (κ1) is 15.9. The molecule has 2 rings (SSSR count). The van der Waals surface area contributed by atoms with Crippen molar-refractivity contribution in [2.24, 2.45) is 0 Å². The molecule has 0 aliphatic rings. The Morgan fingerprint density at radius 1 is 1.43 bits per heavy atom. The quantitative estimate of drug-likeness (QED) is 0.830. The molecule has 0 aliphatic heterocycles. The van der Waals surface area contributed by atoms with Crippen LogP contribution < -0.4 is 5.56 Å². The number of benzene rings is 1. The molecule has 1 aromatic carbocycles. The van der Waals surface area contributed by atoms with Crippen molar-refractivity contribution in [3.8, 4) is 5.75 Å². The van der Waals surface area contributed by atoms with E-state index in [1.807, 2.05) is 6.26 Å². The molecule has 0 fully saturated rings. The van der Waals surface area contributed by atoms with Crippen LogP contribution >= 0.6 is 11.6 Å². The van der Waals surface area contributed by atoms with Gasteiger partial charge in [0.15, 0.2) is 5.75 Å². The Hall–Kier alpha value is -1.46. The fourth-order valence-electron chi connectivity index (χ4n) is 2.19. The van der Waals surface area contributed by atoms with Gasteiger partial charge in [-0.1, -0.05) is 11.6 Å². The van der Waals surface area contributed by atoms with E-state index < -0.39 is 10.9 Å². The van der Waals surface area contributed by atoms with E-state index >= 15 is 0 Å². The zero-order valence-corrected chi connectivity index (χ0v) is 13.5. The van der Waals surface area contributed by atoms with Gasteiger partial charge in [-0.2, -0.15) is 0 Å². The average molecular weight is 327 g/mol. The number of pyridine rings is 1. The van der Waals surface area contributed by atoms with E-state index in [1.54, 1.807) is 25.1 Å². The van der Waals surface area contributed by atoms with Crippen molar-refractivity contribution in [2.45, 2.75) is 24.7 Å². The summed E-state index contributed by atoms with van der Waals surface area (Å²) in [6.07, 6.45) is 3.11. The molecule has 0 amide bonds. The van der Waals surface area contributed by atoms with Gasteiger partial charge in [-0.3, -0.25) is 4.79 Å². The lowest BCUT2D eigenvalue weighted by atomic mass is 10.2. The molecule has 1 unspecified atom stereocenters. The van der Waals surface area contributed by atoms with Crippen LogP contribution in [0.2, 0.25) is 5.02 Å². The maximum absolute atomic E-state index is 12.2. The number of aromatic amines is 1. The summed E-state index contributed by atoms with van der Waals surface area (Å²) in [5.41, 5.74) is 0.280. The summed E-state index contributed by atoms with van der Waals surface area (Å²) in [4.78, 5) is 26.3. The molecular formula is C15H17ClNO3S+. The van der Waals surface area contributed by atoms with Gasteiger partial charge < -0.3 is 14.9 Å². The highest BCUT2D eigenvalue weighted by molar-refractivity contribution is 7.96. The number of hydrogen-bond donors (Lipinski definition) is 2. The molecule has 112 valence electrons. The van der Waals surface area contributed by atoms with Crippen molar-refractivity contribution in [3.63, 3.8) is 0 Å². The fourth-order valence-corrected chi connectivity index (χ4v) is 3.95. The van der Waals surface area contributed by atoms with Crippen LogP contribution in [-0.4, -0.2) is 27.9 Å². The van der Waals surface area contributed by atoms with Gasteiger partial charge in [0.1, 0.15) is 17.8 Å². The first-order valence-corrected chi connectivity index (χ1v) is 8.74. The summed E-state index contributed by atoms with van der Waals surface area (Å²) >= 11 is 5.94. The zero-order valence-electron chi connectivity index (χ0n) is 11.9. The minimum absolute atomic E-state index is 0.00934. The van der Waals surface area contributed by atoms with E-state index in [0.29, 0.717) is 39.4 Å². The summed E-state index contributed by atoms with van der Waals surface area (Å²) in [5.74, 6) is 0.822. The van der Waals surface area contributed by atoms with Crippen LogP contribution in [0.25, 0.3) is 10.9 Å². The van der Waals surface area contributed by atoms with Crippen LogP contribution in [0.4, 0.5) is 0 Å². The lowest BCUT2D eigenvalue weighted by Gasteiger charge is -2.07. The Morgan fingerprint density at radius 3 is 2.81 bits per heavy atom. The van der Waals surface area contributed by atoms with E-state index in [2.05, 4.69) is 4.98 Å². The molecule has 0 radical (unpaired) electrons. The number of rotatable bonds is 5. The maximum atomic E-state index is 12.2. The Bertz CT molecular complexity index is 742. The highest BCUT2D eigenvalue weighted by atomic mass is 35.5. The van der Waals surface area contributed by atoms with Gasteiger partial charge in [0, 0.05) is 27.7 Å². The SMILES string of the molecule is CC(=O)CCC[S+](C)c1c(O)c2cc(Cl)ccc2[nH]c1=O. The van der Waals surface area contributed by atoms with E-state index in [1.165, 1.54) is 0 Å². The summed E-state index contributed by atoms with van der Waals surface area (Å²) in [5, 5.41) is 11.4. The molecule has 1 aromatic heterocycles. The van der Waals surface area contributed by atoms with Crippen molar-refractivity contribution in [2.75, 3.05) is 12.0 Å². The third-order valence-electron chi connectivity index (χ3n) is 3.23. The minimum atomic E-state index is -0.425. The smallest absolute Gasteiger partial charge is 0.307 e. The summed E-state index contributed by atoms with van der Waals surface area (Å²) in [7, 11) is -0.425. The van der Waals surface area contributed by atoms with Gasteiger partial charge in [-0.25, -0.2) is 0 Å². The second kappa shape index (κ2) is 6.54. The zero-order chi connectivity index (χ0) is 15.6. The van der Waals surface area contributed by atoms with E-state index in [0.717, 1.165) is 0 Å². The van der Waals surface area contributed by atoms with Gasteiger partial charge in [0.25, 0.3) is 4.90 Å². The molecule has 6 heteroatoms. The number of nitrogens with one attached hydrogen (secondary N) is 1. The normalized spacial score (nSPS) is 12.5. The number of carbonyl (C=O) groups excluding carboxylic acids is 1. The maximum Gasteiger partial charge on any atom is 0.307 e. The summed E-state index contributed by atoms with van der Waals surface area (Å²) in [6.45, 7) is 1.55. The second-order valence-corrected chi connectivity index (χ2v) is 7.50.